The van der Waals surface area contributed by atoms with E-state index < -0.39 is 0 Å². The van der Waals surface area contributed by atoms with Crippen LogP contribution in [-0.2, 0) is 11.2 Å². The molecule has 3 rings (SSSR count). The zero-order chi connectivity index (χ0) is 17.1. The van der Waals surface area contributed by atoms with Crippen molar-refractivity contribution in [1.82, 2.24) is 10.5 Å². The summed E-state index contributed by atoms with van der Waals surface area (Å²) >= 11 is 6.12. The summed E-state index contributed by atoms with van der Waals surface area (Å²) in [6.45, 7) is 6.53. The third-order valence-electron chi connectivity index (χ3n) is 4.40. The van der Waals surface area contributed by atoms with E-state index in [-0.39, 0.29) is 12.3 Å². The second-order valence-electron chi connectivity index (χ2n) is 6.44. The summed E-state index contributed by atoms with van der Waals surface area (Å²) in [4.78, 5) is 14.4. The fourth-order valence-corrected chi connectivity index (χ4v) is 3.29. The van der Waals surface area contributed by atoms with Gasteiger partial charge in [0, 0.05) is 36.4 Å². The minimum atomic E-state index is -0.0133. The van der Waals surface area contributed by atoms with E-state index in [0.717, 1.165) is 30.3 Å². The Kier molecular flexibility index (Phi) is 5.09. The van der Waals surface area contributed by atoms with Gasteiger partial charge in [0.2, 0.25) is 5.91 Å². The monoisotopic (exact) mass is 347 g/mol. The molecule has 0 bridgehead atoms. The zero-order valence-electron chi connectivity index (χ0n) is 14.0. The average molecular weight is 348 g/mol. The summed E-state index contributed by atoms with van der Waals surface area (Å²) in [6.07, 6.45) is 1.33. The van der Waals surface area contributed by atoms with Crippen molar-refractivity contribution in [1.29, 1.82) is 0 Å². The number of aryl methyl sites for hydroxylation is 2. The molecule has 6 heteroatoms. The Morgan fingerprint density at radius 2 is 2.25 bits per heavy atom. The number of rotatable bonds is 5. The summed E-state index contributed by atoms with van der Waals surface area (Å²) in [7, 11) is 0. The normalized spacial score (nSPS) is 17.3. The van der Waals surface area contributed by atoms with E-state index in [9.17, 15) is 4.79 Å². The van der Waals surface area contributed by atoms with Crippen molar-refractivity contribution in [2.24, 2.45) is 5.92 Å². The third kappa shape index (κ3) is 4.09. The largest absolute Gasteiger partial charge is 0.371 e. The van der Waals surface area contributed by atoms with E-state index >= 15 is 0 Å². The highest BCUT2D eigenvalue weighted by Gasteiger charge is 2.24. The van der Waals surface area contributed by atoms with Gasteiger partial charge in [-0.2, -0.15) is 0 Å². The molecule has 0 spiro atoms. The summed E-state index contributed by atoms with van der Waals surface area (Å²) in [5.41, 5.74) is 3.09. The van der Waals surface area contributed by atoms with Gasteiger partial charge in [-0.15, -0.1) is 0 Å². The lowest BCUT2D eigenvalue weighted by Gasteiger charge is -2.21. The number of hydrogen-bond acceptors (Lipinski definition) is 4. The molecule has 0 saturated carbocycles. The smallest absolute Gasteiger partial charge is 0.226 e. The highest BCUT2D eigenvalue weighted by Crippen LogP contribution is 2.29. The molecule has 1 aliphatic heterocycles. The molecule has 1 amide bonds. The van der Waals surface area contributed by atoms with Gasteiger partial charge in [-0.3, -0.25) is 4.79 Å². The lowest BCUT2D eigenvalue weighted by Crippen LogP contribution is -2.32. The number of carbonyl (C=O) groups is 1. The molecule has 1 N–H and O–H groups in total. The maximum absolute atomic E-state index is 12.0. The molecule has 1 fully saturated rings. The predicted molar refractivity (Wildman–Crippen MR) is 94.5 cm³/mol. The zero-order valence-corrected chi connectivity index (χ0v) is 14.8. The number of anilines is 1. The van der Waals surface area contributed by atoms with Crippen LogP contribution in [0.25, 0.3) is 0 Å². The molecule has 2 aromatic rings. The molecule has 128 valence electrons. The first-order valence-corrected chi connectivity index (χ1v) is 8.59. The van der Waals surface area contributed by atoms with Crippen molar-refractivity contribution in [3.8, 4) is 0 Å². The first-order valence-electron chi connectivity index (χ1n) is 8.21. The van der Waals surface area contributed by atoms with Gasteiger partial charge in [-0.25, -0.2) is 0 Å². The van der Waals surface area contributed by atoms with Crippen LogP contribution in [0.15, 0.2) is 28.8 Å². The molecular weight excluding hydrogens is 326 g/mol. The quantitative estimate of drug-likeness (QED) is 0.902. The molecule has 24 heavy (non-hydrogen) atoms. The van der Waals surface area contributed by atoms with Crippen molar-refractivity contribution >= 4 is 23.2 Å². The molecule has 0 radical (unpaired) electrons. The highest BCUT2D eigenvalue weighted by molar-refractivity contribution is 6.30. The molecule has 0 aliphatic carbocycles. The SMILES string of the molecule is Cc1cc(CC(=O)NCC2CCN(c3cc(Cl)ccc3C)C2)no1. The summed E-state index contributed by atoms with van der Waals surface area (Å²) < 4.78 is 4.98. The number of nitrogens with one attached hydrogen (secondary N) is 1. The van der Waals surface area contributed by atoms with Crippen LogP contribution in [0.5, 0.6) is 0 Å². The van der Waals surface area contributed by atoms with E-state index in [1.54, 1.807) is 6.07 Å². The van der Waals surface area contributed by atoms with Crippen LogP contribution in [0, 0.1) is 19.8 Å². The topological polar surface area (TPSA) is 58.4 Å². The number of amides is 1. The highest BCUT2D eigenvalue weighted by atomic mass is 35.5. The number of hydrogen-bond donors (Lipinski definition) is 1. The van der Waals surface area contributed by atoms with E-state index in [0.29, 0.717) is 18.2 Å². The Morgan fingerprint density at radius 3 is 3.00 bits per heavy atom. The van der Waals surface area contributed by atoms with Gasteiger partial charge >= 0.3 is 0 Å². The van der Waals surface area contributed by atoms with Crippen LogP contribution in [-0.4, -0.2) is 30.7 Å². The summed E-state index contributed by atoms with van der Waals surface area (Å²) in [6, 6.07) is 7.77. The molecule has 1 unspecified atom stereocenters. The van der Waals surface area contributed by atoms with Crippen LogP contribution in [0.1, 0.15) is 23.4 Å². The third-order valence-corrected chi connectivity index (χ3v) is 4.64. The van der Waals surface area contributed by atoms with Crippen molar-refractivity contribution in [3.63, 3.8) is 0 Å². The lowest BCUT2D eigenvalue weighted by molar-refractivity contribution is -0.120. The minimum absolute atomic E-state index is 0.0133. The van der Waals surface area contributed by atoms with Crippen LogP contribution < -0.4 is 10.2 Å². The maximum atomic E-state index is 12.0. The fourth-order valence-electron chi connectivity index (χ4n) is 3.13. The molecule has 2 heterocycles. The van der Waals surface area contributed by atoms with Crippen LogP contribution >= 0.6 is 11.6 Å². The standard InChI is InChI=1S/C18H22ClN3O2/c1-12-3-4-15(19)8-17(12)22-6-5-14(11-22)10-20-18(23)9-16-7-13(2)24-21-16/h3-4,7-8,14H,5-6,9-11H2,1-2H3,(H,20,23). The summed E-state index contributed by atoms with van der Waals surface area (Å²) in [5, 5.41) is 7.62. The Bertz CT molecular complexity index is 729. The number of aromatic nitrogens is 1. The molecule has 1 aromatic heterocycles. The Hall–Kier alpha value is -2.01. The number of halogens is 1. The molecule has 5 nitrogen and oxygen atoms in total. The Labute approximate surface area is 147 Å². The number of carbonyl (C=O) groups excluding carboxylic acids is 1. The Balaban J connectivity index is 1.49. The number of benzene rings is 1. The molecular formula is C18H22ClN3O2. The van der Waals surface area contributed by atoms with Crippen LogP contribution in [0.4, 0.5) is 5.69 Å². The van der Waals surface area contributed by atoms with Crippen LogP contribution in [0.3, 0.4) is 0 Å². The van der Waals surface area contributed by atoms with Gasteiger partial charge in [-0.05, 0) is 43.9 Å². The van der Waals surface area contributed by atoms with Crippen molar-refractivity contribution in [2.75, 3.05) is 24.5 Å². The van der Waals surface area contributed by atoms with Crippen molar-refractivity contribution < 1.29 is 9.32 Å². The molecule has 1 aromatic carbocycles. The second kappa shape index (κ2) is 7.26. The summed E-state index contributed by atoms with van der Waals surface area (Å²) in [5.74, 6) is 1.16. The van der Waals surface area contributed by atoms with Crippen molar-refractivity contribution in [3.05, 3.63) is 46.3 Å². The number of nitrogens with zero attached hydrogens (tertiary/aromatic N) is 2. The van der Waals surface area contributed by atoms with E-state index in [1.165, 1.54) is 11.3 Å². The van der Waals surface area contributed by atoms with E-state index in [2.05, 4.69) is 22.3 Å². The lowest BCUT2D eigenvalue weighted by atomic mass is 10.1. The van der Waals surface area contributed by atoms with Gasteiger partial charge in [0.05, 0.1) is 12.1 Å². The van der Waals surface area contributed by atoms with E-state index in [4.69, 9.17) is 16.1 Å². The van der Waals surface area contributed by atoms with Gasteiger partial charge in [-0.1, -0.05) is 22.8 Å². The molecule has 1 atom stereocenters. The van der Waals surface area contributed by atoms with Crippen LogP contribution in [0.2, 0.25) is 5.02 Å². The fraction of sp³-hybridized carbons (Fsp3) is 0.444. The predicted octanol–water partition coefficient (Wildman–Crippen LogP) is 3.13. The second-order valence-corrected chi connectivity index (χ2v) is 6.88. The van der Waals surface area contributed by atoms with Gasteiger partial charge in [0.1, 0.15) is 5.76 Å². The van der Waals surface area contributed by atoms with Crippen molar-refractivity contribution in [2.45, 2.75) is 26.7 Å². The Morgan fingerprint density at radius 1 is 1.42 bits per heavy atom. The first kappa shape index (κ1) is 16.8. The van der Waals surface area contributed by atoms with Gasteiger partial charge in [0.25, 0.3) is 0 Å². The average Bonchev–Trinajstić information content (AvgIpc) is 3.17. The van der Waals surface area contributed by atoms with Gasteiger partial charge < -0.3 is 14.7 Å². The molecule has 1 aliphatic rings. The first-order chi connectivity index (χ1) is 11.5. The minimum Gasteiger partial charge on any atom is -0.371 e. The van der Waals surface area contributed by atoms with E-state index in [1.807, 2.05) is 25.1 Å². The maximum Gasteiger partial charge on any atom is 0.226 e. The molecule has 1 saturated heterocycles. The van der Waals surface area contributed by atoms with Gasteiger partial charge in [0.15, 0.2) is 0 Å².